The first-order chi connectivity index (χ1) is 16.2. The van der Waals surface area contributed by atoms with E-state index in [1.165, 1.54) is 37.7 Å². The van der Waals surface area contributed by atoms with Gasteiger partial charge in [0, 0.05) is 36.8 Å². The maximum Gasteiger partial charge on any atom is 0.412 e. The van der Waals surface area contributed by atoms with Crippen LogP contribution in [0.4, 0.5) is 4.79 Å². The second-order valence-corrected chi connectivity index (χ2v) is 12.3. The lowest BCUT2D eigenvalue weighted by Gasteiger charge is -2.57. The van der Waals surface area contributed by atoms with Gasteiger partial charge >= 0.3 is 6.09 Å². The van der Waals surface area contributed by atoms with Crippen molar-refractivity contribution in [1.82, 2.24) is 5.32 Å². The Morgan fingerprint density at radius 1 is 1.03 bits per heavy atom. The molecule has 6 aliphatic rings. The van der Waals surface area contributed by atoms with E-state index in [-0.39, 0.29) is 0 Å². The van der Waals surface area contributed by atoms with Crippen LogP contribution in [0.3, 0.4) is 0 Å². The standard InChI is InChI=1S/C27H38N2O5/c1-25(2,28)16-29-24(30)31-23-5-3-19(4-6-23)20-7-9-26(10-8-20)32-27(34-33-26)21-12-17-11-18(14-21)15-22(27)13-17/h3-6,17-18,20-22H,7-16,28H2,1-2H3,(H,29,30)/t17?,18?,20-,21?,22?,26+,27-. The molecule has 0 radical (unpaired) electrons. The number of carbonyl (C=O) groups excluding carboxylic acids is 1. The van der Waals surface area contributed by atoms with E-state index in [9.17, 15) is 4.79 Å². The highest BCUT2D eigenvalue weighted by Gasteiger charge is 2.66. The molecule has 7 nitrogen and oxygen atoms in total. The molecule has 0 unspecified atom stereocenters. The predicted octanol–water partition coefficient (Wildman–Crippen LogP) is 5.00. The summed E-state index contributed by atoms with van der Waals surface area (Å²) in [5.74, 6) is 2.65. The number of hydrogen-bond acceptors (Lipinski definition) is 6. The average molecular weight is 471 g/mol. The van der Waals surface area contributed by atoms with Crippen molar-refractivity contribution in [3.05, 3.63) is 29.8 Å². The summed E-state index contributed by atoms with van der Waals surface area (Å²) in [5.41, 5.74) is 6.68. The van der Waals surface area contributed by atoms with Crippen LogP contribution >= 0.6 is 0 Å². The molecule has 7 rings (SSSR count). The van der Waals surface area contributed by atoms with Crippen LogP contribution in [0.2, 0.25) is 0 Å². The minimum absolute atomic E-state index is 0.353. The van der Waals surface area contributed by atoms with Crippen molar-refractivity contribution in [3.63, 3.8) is 0 Å². The molecule has 1 amide bonds. The number of amides is 1. The summed E-state index contributed by atoms with van der Waals surface area (Å²) in [6.07, 6.45) is 9.58. The summed E-state index contributed by atoms with van der Waals surface area (Å²) < 4.78 is 12.2. The third kappa shape index (κ3) is 4.15. The Kier molecular flexibility index (Phi) is 5.48. The Labute approximate surface area is 202 Å². The third-order valence-corrected chi connectivity index (χ3v) is 8.94. The molecule has 7 heteroatoms. The zero-order chi connectivity index (χ0) is 23.6. The van der Waals surface area contributed by atoms with E-state index in [1.807, 2.05) is 26.0 Å². The van der Waals surface area contributed by atoms with Crippen LogP contribution in [0.25, 0.3) is 0 Å². The second-order valence-electron chi connectivity index (χ2n) is 12.3. The maximum absolute atomic E-state index is 12.0. The molecule has 2 spiro atoms. The molecule has 1 aromatic carbocycles. The molecule has 4 bridgehead atoms. The number of ether oxygens (including phenoxy) is 2. The molecule has 186 valence electrons. The van der Waals surface area contributed by atoms with Gasteiger partial charge in [-0.25, -0.2) is 4.79 Å². The smallest absolute Gasteiger partial charge is 0.410 e. The van der Waals surface area contributed by atoms with Crippen LogP contribution in [0, 0.1) is 23.7 Å². The highest BCUT2D eigenvalue weighted by atomic mass is 17.3. The van der Waals surface area contributed by atoms with E-state index >= 15 is 0 Å². The summed E-state index contributed by atoms with van der Waals surface area (Å²) in [5, 5.41) is 2.69. The number of nitrogens with one attached hydrogen (secondary N) is 1. The topological polar surface area (TPSA) is 92.0 Å². The molecule has 5 aliphatic carbocycles. The molecule has 1 aromatic rings. The van der Waals surface area contributed by atoms with Crippen molar-refractivity contribution < 1.29 is 24.0 Å². The number of hydrogen-bond donors (Lipinski definition) is 2. The van der Waals surface area contributed by atoms with Gasteiger partial charge in [-0.15, -0.1) is 0 Å². The molecule has 0 aromatic heterocycles. The SMILES string of the molecule is CC(C)(N)CNC(=O)Oc1ccc([C@H]2CC[C@]3(CC2)OO[C@]2(O3)C3CC4CC(C3)CC2C4)cc1. The summed E-state index contributed by atoms with van der Waals surface area (Å²) in [4.78, 5) is 24.2. The van der Waals surface area contributed by atoms with Crippen molar-refractivity contribution in [1.29, 1.82) is 0 Å². The van der Waals surface area contributed by atoms with Crippen LogP contribution in [-0.2, 0) is 14.5 Å². The molecular weight excluding hydrogens is 432 g/mol. The molecule has 34 heavy (non-hydrogen) atoms. The third-order valence-electron chi connectivity index (χ3n) is 8.94. The van der Waals surface area contributed by atoms with Gasteiger partial charge < -0.3 is 20.5 Å². The van der Waals surface area contributed by atoms with Crippen molar-refractivity contribution >= 4 is 6.09 Å². The summed E-state index contributed by atoms with van der Waals surface area (Å²) in [6, 6.07) is 7.85. The van der Waals surface area contributed by atoms with Crippen molar-refractivity contribution in [3.8, 4) is 5.75 Å². The van der Waals surface area contributed by atoms with Gasteiger partial charge in [-0.1, -0.05) is 12.1 Å². The van der Waals surface area contributed by atoms with E-state index in [4.69, 9.17) is 25.0 Å². The first-order valence-corrected chi connectivity index (χ1v) is 13.1. The number of benzene rings is 1. The Hall–Kier alpha value is -1.67. The van der Waals surface area contributed by atoms with E-state index in [2.05, 4.69) is 17.4 Å². The minimum atomic E-state index is -0.580. The Morgan fingerprint density at radius 3 is 2.24 bits per heavy atom. The van der Waals surface area contributed by atoms with Crippen LogP contribution in [-0.4, -0.2) is 29.8 Å². The van der Waals surface area contributed by atoms with E-state index in [1.54, 1.807) is 0 Å². The van der Waals surface area contributed by atoms with Gasteiger partial charge in [0.15, 0.2) is 0 Å². The fraction of sp³-hybridized carbons (Fsp3) is 0.741. The quantitative estimate of drug-likeness (QED) is 0.602. The number of rotatable bonds is 4. The molecular formula is C27H38N2O5. The lowest BCUT2D eigenvalue weighted by atomic mass is 9.53. The zero-order valence-corrected chi connectivity index (χ0v) is 20.4. The molecule has 1 saturated heterocycles. The van der Waals surface area contributed by atoms with Crippen LogP contribution in [0.15, 0.2) is 24.3 Å². The molecule has 0 atom stereocenters. The molecule has 6 fully saturated rings. The van der Waals surface area contributed by atoms with Crippen molar-refractivity contribution in [2.75, 3.05) is 6.54 Å². The number of nitrogens with two attached hydrogens (primary N) is 1. The summed E-state index contributed by atoms with van der Waals surface area (Å²) in [7, 11) is 0. The fourth-order valence-corrected chi connectivity index (χ4v) is 7.44. The molecule has 1 aliphatic heterocycles. The van der Waals surface area contributed by atoms with Gasteiger partial charge in [0.25, 0.3) is 0 Å². The van der Waals surface area contributed by atoms with Gasteiger partial charge in [0.1, 0.15) is 5.75 Å². The fourth-order valence-electron chi connectivity index (χ4n) is 7.44. The normalized spacial score (nSPS) is 40.7. The largest absolute Gasteiger partial charge is 0.412 e. The van der Waals surface area contributed by atoms with Crippen LogP contribution < -0.4 is 15.8 Å². The first-order valence-electron chi connectivity index (χ1n) is 13.1. The average Bonchev–Trinajstić information content (AvgIpc) is 3.16. The minimum Gasteiger partial charge on any atom is -0.410 e. The van der Waals surface area contributed by atoms with Crippen molar-refractivity contribution in [2.24, 2.45) is 29.4 Å². The second kappa shape index (κ2) is 8.19. The number of carbonyl (C=O) groups is 1. The predicted molar refractivity (Wildman–Crippen MR) is 126 cm³/mol. The Balaban J connectivity index is 1.04. The van der Waals surface area contributed by atoms with E-state index in [0.717, 1.165) is 37.5 Å². The van der Waals surface area contributed by atoms with Gasteiger partial charge in [-0.2, -0.15) is 9.78 Å². The van der Waals surface area contributed by atoms with Gasteiger partial charge in [-0.05, 0) is 94.2 Å². The van der Waals surface area contributed by atoms with Crippen LogP contribution in [0.1, 0.15) is 83.1 Å². The highest BCUT2D eigenvalue weighted by Crippen LogP contribution is 2.64. The molecule has 3 N–H and O–H groups in total. The summed E-state index contributed by atoms with van der Waals surface area (Å²) >= 11 is 0. The van der Waals surface area contributed by atoms with Crippen molar-refractivity contribution in [2.45, 2.75) is 94.7 Å². The highest BCUT2D eigenvalue weighted by molar-refractivity contribution is 5.70. The lowest BCUT2D eigenvalue weighted by molar-refractivity contribution is -0.390. The Bertz CT molecular complexity index is 888. The van der Waals surface area contributed by atoms with Gasteiger partial charge in [0.2, 0.25) is 11.6 Å². The molecule has 1 heterocycles. The monoisotopic (exact) mass is 470 g/mol. The lowest BCUT2D eigenvalue weighted by Crippen LogP contribution is -2.59. The van der Waals surface area contributed by atoms with Gasteiger partial charge in [0.05, 0.1) is 0 Å². The van der Waals surface area contributed by atoms with Gasteiger partial charge in [-0.3, -0.25) is 0 Å². The zero-order valence-electron chi connectivity index (χ0n) is 20.4. The molecule has 5 saturated carbocycles. The Morgan fingerprint density at radius 2 is 1.65 bits per heavy atom. The maximum atomic E-state index is 12.0. The van der Waals surface area contributed by atoms with E-state index in [0.29, 0.717) is 30.0 Å². The van der Waals surface area contributed by atoms with Crippen LogP contribution in [0.5, 0.6) is 5.75 Å². The first kappa shape index (κ1) is 22.8. The summed E-state index contributed by atoms with van der Waals surface area (Å²) in [6.45, 7) is 4.06. The van der Waals surface area contributed by atoms with E-state index < -0.39 is 23.2 Å².